The minimum absolute atomic E-state index is 0.0653. The van der Waals surface area contributed by atoms with E-state index in [1.165, 1.54) is 0 Å². The smallest absolute Gasteiger partial charge is 0.153 e. The van der Waals surface area contributed by atoms with E-state index < -0.39 is 0 Å². The number of hydrogen-bond acceptors (Lipinski definition) is 4. The molecular weight excluding hydrogens is 182 g/mol. The first-order valence-electron chi connectivity index (χ1n) is 4.86. The first-order valence-corrected chi connectivity index (χ1v) is 4.86. The summed E-state index contributed by atoms with van der Waals surface area (Å²) in [6.45, 7) is 5.83. The van der Waals surface area contributed by atoms with Crippen LogP contribution in [0.5, 0.6) is 0 Å². The van der Waals surface area contributed by atoms with Crippen molar-refractivity contribution in [3.8, 4) is 0 Å². The first-order chi connectivity index (χ1) is 6.77. The summed E-state index contributed by atoms with van der Waals surface area (Å²) in [6, 6.07) is 0. The molecule has 14 heavy (non-hydrogen) atoms. The molecule has 0 atom stereocenters. The molecule has 0 aliphatic rings. The molecule has 0 aromatic carbocycles. The average molecular weight is 199 g/mol. The second-order valence-corrected chi connectivity index (χ2v) is 2.98. The van der Waals surface area contributed by atoms with Crippen LogP contribution >= 0.6 is 0 Å². The van der Waals surface area contributed by atoms with E-state index in [1.807, 2.05) is 18.5 Å². The SMILES string of the molecule is CCn1nc(CCOCCO)nc1C. The van der Waals surface area contributed by atoms with Gasteiger partial charge in [0.1, 0.15) is 5.82 Å². The lowest BCUT2D eigenvalue weighted by Gasteiger charge is -1.98. The molecule has 1 N–H and O–H groups in total. The Morgan fingerprint density at radius 2 is 2.21 bits per heavy atom. The van der Waals surface area contributed by atoms with Crippen molar-refractivity contribution in [3.05, 3.63) is 11.6 Å². The predicted molar refractivity (Wildman–Crippen MR) is 52.0 cm³/mol. The maximum Gasteiger partial charge on any atom is 0.153 e. The second-order valence-electron chi connectivity index (χ2n) is 2.98. The largest absolute Gasteiger partial charge is 0.394 e. The minimum atomic E-state index is 0.0653. The molecule has 0 spiro atoms. The van der Waals surface area contributed by atoms with Crippen molar-refractivity contribution in [2.24, 2.45) is 0 Å². The lowest BCUT2D eigenvalue weighted by molar-refractivity contribution is 0.0936. The van der Waals surface area contributed by atoms with Gasteiger partial charge >= 0.3 is 0 Å². The van der Waals surface area contributed by atoms with Gasteiger partial charge in [0, 0.05) is 13.0 Å². The van der Waals surface area contributed by atoms with Crippen LogP contribution in [0.4, 0.5) is 0 Å². The highest BCUT2D eigenvalue weighted by Gasteiger charge is 2.03. The van der Waals surface area contributed by atoms with Crippen molar-refractivity contribution in [1.29, 1.82) is 0 Å². The molecule has 0 unspecified atom stereocenters. The standard InChI is InChI=1S/C9H17N3O2/c1-3-12-8(2)10-9(11-12)4-6-14-7-5-13/h13H,3-7H2,1-2H3. The van der Waals surface area contributed by atoms with E-state index >= 15 is 0 Å². The maximum atomic E-state index is 8.49. The molecule has 0 aliphatic carbocycles. The molecule has 1 rings (SSSR count). The topological polar surface area (TPSA) is 60.2 Å². The molecule has 1 aromatic rings. The normalized spacial score (nSPS) is 10.8. The van der Waals surface area contributed by atoms with Crippen LogP contribution in [-0.2, 0) is 17.7 Å². The average Bonchev–Trinajstić information content (AvgIpc) is 2.54. The van der Waals surface area contributed by atoms with Crippen LogP contribution in [0, 0.1) is 6.92 Å². The van der Waals surface area contributed by atoms with E-state index in [4.69, 9.17) is 9.84 Å². The van der Waals surface area contributed by atoms with E-state index in [0.717, 1.165) is 18.2 Å². The zero-order valence-electron chi connectivity index (χ0n) is 8.73. The summed E-state index contributed by atoms with van der Waals surface area (Å²) in [4.78, 5) is 4.29. The van der Waals surface area contributed by atoms with Crippen molar-refractivity contribution in [3.63, 3.8) is 0 Å². The highest BCUT2D eigenvalue weighted by Crippen LogP contribution is 1.98. The van der Waals surface area contributed by atoms with Gasteiger partial charge in [0.2, 0.25) is 0 Å². The van der Waals surface area contributed by atoms with Crippen molar-refractivity contribution >= 4 is 0 Å². The van der Waals surface area contributed by atoms with Gasteiger partial charge in [0.05, 0.1) is 19.8 Å². The number of aromatic nitrogens is 3. The number of aliphatic hydroxyl groups is 1. The fraction of sp³-hybridized carbons (Fsp3) is 0.778. The van der Waals surface area contributed by atoms with Crippen LogP contribution in [0.15, 0.2) is 0 Å². The minimum Gasteiger partial charge on any atom is -0.394 e. The Hall–Kier alpha value is -0.940. The summed E-state index contributed by atoms with van der Waals surface area (Å²) in [5.74, 6) is 1.74. The van der Waals surface area contributed by atoms with Crippen LogP contribution in [0.25, 0.3) is 0 Å². The van der Waals surface area contributed by atoms with Gasteiger partial charge < -0.3 is 9.84 Å². The van der Waals surface area contributed by atoms with Crippen molar-refractivity contribution in [1.82, 2.24) is 14.8 Å². The van der Waals surface area contributed by atoms with E-state index in [0.29, 0.717) is 19.6 Å². The Bertz CT molecular complexity index is 273. The predicted octanol–water partition coefficient (Wildman–Crippen LogP) is 0.158. The molecule has 5 heteroatoms. The molecule has 0 fully saturated rings. The monoisotopic (exact) mass is 199 g/mol. The Labute approximate surface area is 83.7 Å². The molecule has 0 saturated heterocycles. The number of nitrogens with zero attached hydrogens (tertiary/aromatic N) is 3. The molecule has 80 valence electrons. The van der Waals surface area contributed by atoms with E-state index in [1.54, 1.807) is 0 Å². The third-order valence-corrected chi connectivity index (χ3v) is 1.91. The molecule has 1 heterocycles. The fourth-order valence-electron chi connectivity index (χ4n) is 1.21. The lowest BCUT2D eigenvalue weighted by atomic mass is 10.4. The van der Waals surface area contributed by atoms with Gasteiger partial charge in [-0.25, -0.2) is 4.98 Å². The number of rotatable bonds is 6. The maximum absolute atomic E-state index is 8.49. The van der Waals surface area contributed by atoms with Crippen molar-refractivity contribution in [2.75, 3.05) is 19.8 Å². The molecule has 0 saturated carbocycles. The van der Waals surface area contributed by atoms with Crippen molar-refractivity contribution < 1.29 is 9.84 Å². The lowest BCUT2D eigenvalue weighted by Crippen LogP contribution is -2.05. The summed E-state index contributed by atoms with van der Waals surface area (Å²) in [6.07, 6.45) is 0.702. The zero-order valence-corrected chi connectivity index (χ0v) is 8.73. The highest BCUT2D eigenvalue weighted by atomic mass is 16.5. The summed E-state index contributed by atoms with van der Waals surface area (Å²) in [7, 11) is 0. The molecule has 0 radical (unpaired) electrons. The Balaban J connectivity index is 2.35. The van der Waals surface area contributed by atoms with Gasteiger partial charge in [-0.3, -0.25) is 4.68 Å². The summed E-state index contributed by atoms with van der Waals surface area (Å²) in [5, 5.41) is 12.8. The number of aliphatic hydroxyl groups excluding tert-OH is 1. The third kappa shape index (κ3) is 3.08. The van der Waals surface area contributed by atoms with Crippen LogP contribution in [0.1, 0.15) is 18.6 Å². The summed E-state index contributed by atoms with van der Waals surface area (Å²) < 4.78 is 6.99. The number of aryl methyl sites for hydroxylation is 2. The third-order valence-electron chi connectivity index (χ3n) is 1.91. The Morgan fingerprint density at radius 1 is 1.43 bits per heavy atom. The van der Waals surface area contributed by atoms with Gasteiger partial charge in [-0.1, -0.05) is 0 Å². The van der Waals surface area contributed by atoms with Gasteiger partial charge in [0.15, 0.2) is 5.82 Å². The van der Waals surface area contributed by atoms with Crippen LogP contribution in [0.3, 0.4) is 0 Å². The molecule has 1 aromatic heterocycles. The van der Waals surface area contributed by atoms with Gasteiger partial charge in [-0.05, 0) is 13.8 Å². The van der Waals surface area contributed by atoms with Crippen molar-refractivity contribution in [2.45, 2.75) is 26.8 Å². The molecule has 0 bridgehead atoms. The van der Waals surface area contributed by atoms with E-state index in [2.05, 4.69) is 10.1 Å². The first kappa shape index (κ1) is 11.1. The van der Waals surface area contributed by atoms with Gasteiger partial charge in [-0.15, -0.1) is 0 Å². The number of hydrogen-bond donors (Lipinski definition) is 1. The fourth-order valence-corrected chi connectivity index (χ4v) is 1.21. The van der Waals surface area contributed by atoms with Crippen LogP contribution in [0.2, 0.25) is 0 Å². The molecular formula is C9H17N3O2. The Kier molecular flexibility index (Phi) is 4.55. The highest BCUT2D eigenvalue weighted by molar-refractivity contribution is 4.90. The van der Waals surface area contributed by atoms with Crippen LogP contribution < -0.4 is 0 Å². The number of ether oxygens (including phenoxy) is 1. The molecule has 5 nitrogen and oxygen atoms in total. The van der Waals surface area contributed by atoms with Gasteiger partial charge in [0.25, 0.3) is 0 Å². The zero-order chi connectivity index (χ0) is 10.4. The summed E-state index contributed by atoms with van der Waals surface area (Å²) in [5.41, 5.74) is 0. The molecule has 0 aliphatic heterocycles. The Morgan fingerprint density at radius 3 is 2.79 bits per heavy atom. The quantitative estimate of drug-likeness (QED) is 0.663. The molecule has 0 amide bonds. The van der Waals surface area contributed by atoms with Gasteiger partial charge in [-0.2, -0.15) is 5.10 Å². The van der Waals surface area contributed by atoms with Crippen LogP contribution in [-0.4, -0.2) is 39.7 Å². The van der Waals surface area contributed by atoms with E-state index in [9.17, 15) is 0 Å². The summed E-state index contributed by atoms with van der Waals surface area (Å²) >= 11 is 0. The van der Waals surface area contributed by atoms with E-state index in [-0.39, 0.29) is 6.61 Å². The second kappa shape index (κ2) is 5.72.